The van der Waals surface area contributed by atoms with Crippen molar-refractivity contribution in [3.63, 3.8) is 0 Å². The highest BCUT2D eigenvalue weighted by molar-refractivity contribution is 5.91. The van der Waals surface area contributed by atoms with Crippen LogP contribution in [0.1, 0.15) is 17.0 Å². The normalized spacial score (nSPS) is 11.4. The minimum Gasteiger partial charge on any atom is -0.337 e. The Labute approximate surface area is 131 Å². The molecule has 1 aromatic heterocycles. The average molecular weight is 304 g/mol. The zero-order chi connectivity index (χ0) is 16.4. The average Bonchev–Trinajstić information content (AvgIpc) is 2.95. The number of hydrogen-bond acceptors (Lipinski definition) is 4. The van der Waals surface area contributed by atoms with E-state index in [0.717, 1.165) is 16.6 Å². The molecule has 0 aliphatic carbocycles. The van der Waals surface area contributed by atoms with E-state index >= 15 is 0 Å². The number of aromatic nitrogens is 2. The molecule has 0 amide bonds. The Morgan fingerprint density at radius 3 is 2.87 bits per heavy atom. The van der Waals surface area contributed by atoms with Crippen molar-refractivity contribution in [1.29, 1.82) is 5.26 Å². The first-order valence-corrected chi connectivity index (χ1v) is 6.90. The molecule has 0 spiro atoms. The first-order valence-electron chi connectivity index (χ1n) is 6.90. The van der Waals surface area contributed by atoms with Crippen LogP contribution in [0.5, 0.6) is 0 Å². The Balaban J connectivity index is 2.12. The van der Waals surface area contributed by atoms with Gasteiger partial charge in [-0.3, -0.25) is 10.1 Å². The van der Waals surface area contributed by atoms with Crippen LogP contribution in [0, 0.1) is 28.4 Å². The molecule has 2 aromatic carbocycles. The van der Waals surface area contributed by atoms with Crippen molar-refractivity contribution in [1.82, 2.24) is 9.97 Å². The van der Waals surface area contributed by atoms with E-state index in [1.165, 1.54) is 12.1 Å². The first-order chi connectivity index (χ1) is 11.1. The lowest BCUT2D eigenvalue weighted by Crippen LogP contribution is -1.92. The summed E-state index contributed by atoms with van der Waals surface area (Å²) >= 11 is 0. The van der Waals surface area contributed by atoms with E-state index in [9.17, 15) is 15.4 Å². The lowest BCUT2D eigenvalue weighted by molar-refractivity contribution is -0.385. The van der Waals surface area contributed by atoms with Gasteiger partial charge in [-0.05, 0) is 36.8 Å². The number of aromatic amines is 1. The Hall–Kier alpha value is -3.46. The number of imidazole rings is 1. The Bertz CT molecular complexity index is 980. The van der Waals surface area contributed by atoms with Crippen LogP contribution < -0.4 is 0 Å². The summed E-state index contributed by atoms with van der Waals surface area (Å²) in [5.74, 6) is 0.395. The number of nitro groups is 1. The Morgan fingerprint density at radius 1 is 1.35 bits per heavy atom. The highest BCUT2D eigenvalue weighted by Gasteiger charge is 2.13. The second kappa shape index (κ2) is 5.73. The van der Waals surface area contributed by atoms with Crippen LogP contribution in [0.3, 0.4) is 0 Å². The van der Waals surface area contributed by atoms with Gasteiger partial charge in [-0.25, -0.2) is 4.98 Å². The maximum absolute atomic E-state index is 11.1. The number of fused-ring (bicyclic) bond motifs is 1. The molecule has 1 N–H and O–H groups in total. The van der Waals surface area contributed by atoms with E-state index in [1.54, 1.807) is 18.2 Å². The summed E-state index contributed by atoms with van der Waals surface area (Å²) in [5, 5.41) is 20.5. The molecule has 0 fully saturated rings. The fourth-order valence-corrected chi connectivity index (χ4v) is 2.34. The van der Waals surface area contributed by atoms with E-state index in [-0.39, 0.29) is 11.3 Å². The molecule has 1 heterocycles. The van der Waals surface area contributed by atoms with Gasteiger partial charge in [-0.2, -0.15) is 5.26 Å². The van der Waals surface area contributed by atoms with E-state index in [1.807, 2.05) is 25.1 Å². The summed E-state index contributed by atoms with van der Waals surface area (Å²) in [6.45, 7) is 1.97. The molecule has 0 aliphatic rings. The van der Waals surface area contributed by atoms with Gasteiger partial charge in [-0.1, -0.05) is 18.2 Å². The molecule has 0 saturated carbocycles. The number of allylic oxidation sites excluding steroid dienone is 1. The van der Waals surface area contributed by atoms with Gasteiger partial charge in [0.15, 0.2) is 0 Å². The van der Waals surface area contributed by atoms with Crippen molar-refractivity contribution in [3.05, 3.63) is 69.5 Å². The summed E-state index contributed by atoms with van der Waals surface area (Å²) in [6, 6.07) is 14.1. The van der Waals surface area contributed by atoms with Crippen LogP contribution in [0.4, 0.5) is 5.69 Å². The van der Waals surface area contributed by atoms with Gasteiger partial charge in [0.25, 0.3) is 5.69 Å². The molecule has 0 bridgehead atoms. The van der Waals surface area contributed by atoms with Gasteiger partial charge in [0.1, 0.15) is 11.9 Å². The van der Waals surface area contributed by atoms with Crippen LogP contribution in [0.15, 0.2) is 42.5 Å². The number of H-pyrrole nitrogens is 1. The maximum Gasteiger partial charge on any atom is 0.276 e. The van der Waals surface area contributed by atoms with Crippen LogP contribution in [-0.2, 0) is 0 Å². The predicted octanol–water partition coefficient (Wildman–Crippen LogP) is 3.84. The van der Waals surface area contributed by atoms with Gasteiger partial charge in [0.05, 0.1) is 27.1 Å². The van der Waals surface area contributed by atoms with Gasteiger partial charge < -0.3 is 4.98 Å². The van der Waals surface area contributed by atoms with Crippen molar-refractivity contribution in [2.24, 2.45) is 0 Å². The standard InChI is InChI=1S/C17H12N4O2/c1-11-6-7-14-15(8-11)20-17(19-14)13(10-18)9-12-4-2-3-5-16(12)21(22)23/h2-9H,1H3,(H,19,20)/b13-9-. The maximum atomic E-state index is 11.1. The molecule has 0 radical (unpaired) electrons. The second-order valence-electron chi connectivity index (χ2n) is 5.09. The molecule has 112 valence electrons. The van der Waals surface area contributed by atoms with Gasteiger partial charge in [0.2, 0.25) is 0 Å². The number of nitrogens with one attached hydrogen (secondary N) is 1. The highest BCUT2D eigenvalue weighted by atomic mass is 16.6. The van der Waals surface area contributed by atoms with E-state index in [0.29, 0.717) is 11.4 Å². The van der Waals surface area contributed by atoms with Gasteiger partial charge in [0, 0.05) is 6.07 Å². The molecular formula is C17H12N4O2. The molecule has 3 rings (SSSR count). The molecule has 6 nitrogen and oxygen atoms in total. The summed E-state index contributed by atoms with van der Waals surface area (Å²) in [6.07, 6.45) is 1.47. The van der Waals surface area contributed by atoms with Crippen molar-refractivity contribution < 1.29 is 4.92 Å². The topological polar surface area (TPSA) is 95.6 Å². The molecule has 0 unspecified atom stereocenters. The fraction of sp³-hybridized carbons (Fsp3) is 0.0588. The molecule has 0 atom stereocenters. The quantitative estimate of drug-likeness (QED) is 0.451. The number of nitriles is 1. The zero-order valence-electron chi connectivity index (χ0n) is 12.3. The van der Waals surface area contributed by atoms with Gasteiger partial charge >= 0.3 is 0 Å². The summed E-state index contributed by atoms with van der Waals surface area (Å²) in [7, 11) is 0. The number of hydrogen-bond donors (Lipinski definition) is 1. The molecule has 23 heavy (non-hydrogen) atoms. The molecular weight excluding hydrogens is 292 g/mol. The van der Waals surface area contributed by atoms with Gasteiger partial charge in [-0.15, -0.1) is 0 Å². The van der Waals surface area contributed by atoms with Crippen molar-refractivity contribution in [2.75, 3.05) is 0 Å². The Kier molecular flexibility index (Phi) is 3.61. The largest absolute Gasteiger partial charge is 0.337 e. The minimum atomic E-state index is -0.469. The fourth-order valence-electron chi connectivity index (χ4n) is 2.34. The highest BCUT2D eigenvalue weighted by Crippen LogP contribution is 2.24. The van der Waals surface area contributed by atoms with Crippen molar-refractivity contribution in [3.8, 4) is 6.07 Å². The van der Waals surface area contributed by atoms with Crippen LogP contribution in [0.25, 0.3) is 22.7 Å². The van der Waals surface area contributed by atoms with E-state index < -0.39 is 4.92 Å². The number of aryl methyl sites for hydroxylation is 1. The Morgan fingerprint density at radius 2 is 2.13 bits per heavy atom. The SMILES string of the molecule is Cc1ccc2nc(/C(C#N)=C\c3ccccc3[N+](=O)[O-])[nH]c2c1. The summed E-state index contributed by atoms with van der Waals surface area (Å²) < 4.78 is 0. The van der Waals surface area contributed by atoms with Crippen LogP contribution >= 0.6 is 0 Å². The van der Waals surface area contributed by atoms with Crippen molar-refractivity contribution >= 4 is 28.4 Å². The molecule has 0 aliphatic heterocycles. The zero-order valence-corrected chi connectivity index (χ0v) is 12.3. The van der Waals surface area contributed by atoms with Crippen LogP contribution in [-0.4, -0.2) is 14.9 Å². The number of nitrogens with zero attached hydrogens (tertiary/aromatic N) is 3. The molecule has 6 heteroatoms. The number of rotatable bonds is 3. The lowest BCUT2D eigenvalue weighted by Gasteiger charge is -1.98. The van der Waals surface area contributed by atoms with E-state index in [2.05, 4.69) is 16.0 Å². The van der Waals surface area contributed by atoms with Crippen molar-refractivity contribution in [2.45, 2.75) is 6.92 Å². The summed E-state index contributed by atoms with van der Waals surface area (Å²) in [4.78, 5) is 18.1. The summed E-state index contributed by atoms with van der Waals surface area (Å²) in [5.41, 5.74) is 3.21. The number of nitro benzene ring substituents is 1. The first kappa shape index (κ1) is 14.5. The monoisotopic (exact) mass is 304 g/mol. The number of para-hydroxylation sites is 1. The predicted molar refractivity (Wildman–Crippen MR) is 87.4 cm³/mol. The lowest BCUT2D eigenvalue weighted by atomic mass is 10.1. The van der Waals surface area contributed by atoms with E-state index in [4.69, 9.17) is 0 Å². The molecule has 0 saturated heterocycles. The number of benzene rings is 2. The smallest absolute Gasteiger partial charge is 0.276 e. The van der Waals surface area contributed by atoms with Crippen LogP contribution in [0.2, 0.25) is 0 Å². The molecule has 3 aromatic rings. The third-order valence-electron chi connectivity index (χ3n) is 3.45. The second-order valence-corrected chi connectivity index (χ2v) is 5.09. The minimum absolute atomic E-state index is 0.0489. The third kappa shape index (κ3) is 2.80. The third-order valence-corrected chi connectivity index (χ3v) is 3.45.